The largest absolute Gasteiger partial charge is 0.465 e. The second-order valence-electron chi connectivity index (χ2n) is 7.14. The number of hydrogen-bond acceptors (Lipinski definition) is 4. The number of anilines is 1. The summed E-state index contributed by atoms with van der Waals surface area (Å²) in [7, 11) is 0. The first kappa shape index (κ1) is 19.5. The molecular weight excluding hydrogens is 390 g/mol. The Hall–Kier alpha value is -1.83. The van der Waals surface area contributed by atoms with Gasteiger partial charge in [0.15, 0.2) is 0 Å². The van der Waals surface area contributed by atoms with Crippen LogP contribution in [0.2, 0.25) is 0 Å². The predicted molar refractivity (Wildman–Crippen MR) is 97.9 cm³/mol. The van der Waals surface area contributed by atoms with Gasteiger partial charge in [0.25, 0.3) is 0 Å². The van der Waals surface area contributed by atoms with E-state index in [0.29, 0.717) is 31.5 Å². The number of pyridine rings is 1. The summed E-state index contributed by atoms with van der Waals surface area (Å²) in [6.07, 6.45) is 2.85. The van der Waals surface area contributed by atoms with Crippen LogP contribution in [0, 0.1) is 0 Å². The van der Waals surface area contributed by atoms with Gasteiger partial charge in [-0.25, -0.2) is 14.6 Å². The normalized spacial score (nSPS) is 20.6. The maximum Gasteiger partial charge on any atom is 0.413 e. The molecule has 0 bridgehead atoms. The maximum absolute atomic E-state index is 11.9. The fourth-order valence-corrected chi connectivity index (χ4v) is 3.14. The zero-order valence-electron chi connectivity index (χ0n) is 14.7. The molecule has 7 nitrogen and oxygen atoms in total. The van der Waals surface area contributed by atoms with Gasteiger partial charge < -0.3 is 15.2 Å². The molecule has 1 aromatic heterocycles. The van der Waals surface area contributed by atoms with Crippen LogP contribution in [0.3, 0.4) is 0 Å². The first-order valence-electron chi connectivity index (χ1n) is 8.29. The molecule has 0 radical (unpaired) electrons. The molecule has 1 heterocycles. The number of alkyl carbamates (subject to hydrolysis) is 1. The van der Waals surface area contributed by atoms with E-state index in [4.69, 9.17) is 4.74 Å². The minimum absolute atomic E-state index is 0.000350. The molecule has 1 saturated carbocycles. The number of carboxylic acid groups (broad SMARTS) is 1. The van der Waals surface area contributed by atoms with Crippen molar-refractivity contribution in [1.29, 1.82) is 0 Å². The second-order valence-corrected chi connectivity index (χ2v) is 8.05. The fourth-order valence-electron chi connectivity index (χ4n) is 2.90. The fraction of sp³-hybridized carbons (Fsp3) is 0.588. The second kappa shape index (κ2) is 8.03. The smallest absolute Gasteiger partial charge is 0.413 e. The number of amides is 2. The molecule has 1 aromatic rings. The lowest BCUT2D eigenvalue weighted by Gasteiger charge is -2.35. The highest BCUT2D eigenvalue weighted by Gasteiger charge is 2.31. The van der Waals surface area contributed by atoms with Crippen molar-refractivity contribution >= 4 is 33.9 Å². The van der Waals surface area contributed by atoms with Gasteiger partial charge in [0.2, 0.25) is 0 Å². The van der Waals surface area contributed by atoms with Crippen LogP contribution in [0.4, 0.5) is 15.4 Å². The van der Waals surface area contributed by atoms with E-state index in [0.717, 1.165) is 4.47 Å². The predicted octanol–water partition coefficient (Wildman–Crippen LogP) is 4.16. The van der Waals surface area contributed by atoms with Crippen LogP contribution in [0.15, 0.2) is 22.8 Å². The zero-order chi connectivity index (χ0) is 18.6. The summed E-state index contributed by atoms with van der Waals surface area (Å²) in [5.41, 5.74) is -0.533. The third kappa shape index (κ3) is 5.88. The van der Waals surface area contributed by atoms with E-state index in [1.165, 1.54) is 4.90 Å². The Bertz CT molecular complexity index is 607. The summed E-state index contributed by atoms with van der Waals surface area (Å²) in [5, 5.41) is 12.4. The van der Waals surface area contributed by atoms with Gasteiger partial charge in [-0.15, -0.1) is 0 Å². The van der Waals surface area contributed by atoms with E-state index in [1.54, 1.807) is 18.3 Å². The van der Waals surface area contributed by atoms with Gasteiger partial charge in [-0.2, -0.15) is 0 Å². The molecule has 2 N–H and O–H groups in total. The van der Waals surface area contributed by atoms with E-state index in [2.05, 4.69) is 26.2 Å². The summed E-state index contributed by atoms with van der Waals surface area (Å²) in [5.74, 6) is 0.416. The topological polar surface area (TPSA) is 91.8 Å². The Morgan fingerprint density at radius 1 is 1.28 bits per heavy atom. The van der Waals surface area contributed by atoms with Crippen LogP contribution in [-0.4, -0.2) is 40.0 Å². The summed E-state index contributed by atoms with van der Waals surface area (Å²) in [6, 6.07) is 3.31. The van der Waals surface area contributed by atoms with Crippen LogP contribution >= 0.6 is 15.9 Å². The summed E-state index contributed by atoms with van der Waals surface area (Å²) in [4.78, 5) is 29.0. The van der Waals surface area contributed by atoms with Gasteiger partial charge in [-0.3, -0.25) is 4.90 Å². The van der Waals surface area contributed by atoms with Gasteiger partial charge in [-0.05, 0) is 74.5 Å². The van der Waals surface area contributed by atoms with Gasteiger partial charge in [0, 0.05) is 22.8 Å². The standard InChI is InChI=1S/C17H24BrN3O4/c1-17(2,3)25-15(22)20-12-5-7-13(8-6-12)21(16(23)24)14-9-4-11(18)10-19-14/h4,9-10,12-13H,5-8H2,1-3H3,(H,20,22)(H,23,24)/t12-,13-. The molecule has 0 saturated heterocycles. The molecule has 0 unspecified atom stereocenters. The van der Waals surface area contributed by atoms with Crippen molar-refractivity contribution in [2.75, 3.05) is 4.90 Å². The van der Waals surface area contributed by atoms with Crippen LogP contribution in [-0.2, 0) is 4.74 Å². The number of carbonyl (C=O) groups excluding carboxylic acids is 1. The van der Waals surface area contributed by atoms with Crippen molar-refractivity contribution in [3.8, 4) is 0 Å². The van der Waals surface area contributed by atoms with E-state index in [-0.39, 0.29) is 12.1 Å². The SMILES string of the molecule is CC(C)(C)OC(=O)N[C@H]1CC[C@H](N(C(=O)O)c2ccc(Br)cn2)CC1. The summed E-state index contributed by atoms with van der Waals surface area (Å²) >= 11 is 3.30. The number of rotatable bonds is 3. The van der Waals surface area contributed by atoms with Crippen molar-refractivity contribution in [2.45, 2.75) is 64.1 Å². The Morgan fingerprint density at radius 3 is 2.40 bits per heavy atom. The highest BCUT2D eigenvalue weighted by atomic mass is 79.9. The quantitative estimate of drug-likeness (QED) is 0.775. The van der Waals surface area contributed by atoms with Crippen molar-refractivity contribution in [2.24, 2.45) is 0 Å². The number of nitrogens with zero attached hydrogens (tertiary/aromatic N) is 2. The average Bonchev–Trinajstić information content (AvgIpc) is 2.49. The third-order valence-corrected chi connectivity index (χ3v) is 4.42. The lowest BCUT2D eigenvalue weighted by atomic mass is 9.90. The molecule has 0 spiro atoms. The molecule has 1 fully saturated rings. The Kier molecular flexibility index (Phi) is 6.26. The minimum atomic E-state index is -1.02. The van der Waals surface area contributed by atoms with Crippen LogP contribution < -0.4 is 10.2 Å². The number of aromatic nitrogens is 1. The van der Waals surface area contributed by atoms with E-state index in [9.17, 15) is 14.7 Å². The molecule has 2 amide bonds. The van der Waals surface area contributed by atoms with Gasteiger partial charge in [0.05, 0.1) is 0 Å². The summed E-state index contributed by atoms with van der Waals surface area (Å²) < 4.78 is 6.06. The maximum atomic E-state index is 11.9. The molecule has 1 aliphatic carbocycles. The minimum Gasteiger partial charge on any atom is -0.465 e. The summed E-state index contributed by atoms with van der Waals surface area (Å²) in [6.45, 7) is 5.46. The molecule has 25 heavy (non-hydrogen) atoms. The highest BCUT2D eigenvalue weighted by Crippen LogP contribution is 2.27. The third-order valence-electron chi connectivity index (χ3n) is 3.95. The molecular formula is C17H24BrN3O4. The average molecular weight is 414 g/mol. The van der Waals surface area contributed by atoms with E-state index < -0.39 is 17.8 Å². The molecule has 0 atom stereocenters. The van der Waals surface area contributed by atoms with E-state index in [1.807, 2.05) is 20.8 Å². The van der Waals surface area contributed by atoms with Crippen molar-refractivity contribution < 1.29 is 19.4 Å². The lowest BCUT2D eigenvalue weighted by molar-refractivity contribution is 0.0490. The zero-order valence-corrected chi connectivity index (χ0v) is 16.2. The van der Waals surface area contributed by atoms with E-state index >= 15 is 0 Å². The lowest BCUT2D eigenvalue weighted by Crippen LogP contribution is -2.47. The Labute approximate surface area is 155 Å². The Balaban J connectivity index is 1.94. The Morgan fingerprint density at radius 2 is 1.92 bits per heavy atom. The van der Waals surface area contributed by atoms with Gasteiger partial charge in [0.1, 0.15) is 11.4 Å². The first-order valence-corrected chi connectivity index (χ1v) is 9.08. The van der Waals surface area contributed by atoms with Crippen LogP contribution in [0.5, 0.6) is 0 Å². The van der Waals surface area contributed by atoms with Crippen LogP contribution in [0.1, 0.15) is 46.5 Å². The van der Waals surface area contributed by atoms with Crippen molar-refractivity contribution in [3.05, 3.63) is 22.8 Å². The van der Waals surface area contributed by atoms with Crippen molar-refractivity contribution in [3.63, 3.8) is 0 Å². The highest BCUT2D eigenvalue weighted by molar-refractivity contribution is 9.10. The number of nitrogens with one attached hydrogen (secondary N) is 1. The molecule has 138 valence electrons. The number of carbonyl (C=O) groups is 2. The molecule has 1 aliphatic rings. The monoisotopic (exact) mass is 413 g/mol. The molecule has 2 rings (SSSR count). The first-order chi connectivity index (χ1) is 11.7. The number of halogens is 1. The molecule has 0 aliphatic heterocycles. The van der Waals surface area contributed by atoms with Gasteiger partial charge in [-0.1, -0.05) is 0 Å². The van der Waals surface area contributed by atoms with Crippen LogP contribution in [0.25, 0.3) is 0 Å². The van der Waals surface area contributed by atoms with Gasteiger partial charge >= 0.3 is 12.2 Å². The van der Waals surface area contributed by atoms with Crippen molar-refractivity contribution in [1.82, 2.24) is 10.3 Å². The number of hydrogen-bond donors (Lipinski definition) is 2. The molecule has 8 heteroatoms. The number of ether oxygens (including phenoxy) is 1. The molecule has 0 aromatic carbocycles.